The molecule has 20 heavy (non-hydrogen) atoms. The van der Waals surface area contributed by atoms with Gasteiger partial charge in [0.15, 0.2) is 0 Å². The lowest BCUT2D eigenvalue weighted by molar-refractivity contribution is 0.535. The Kier molecular flexibility index (Phi) is 5.58. The molecule has 4 heteroatoms. The van der Waals surface area contributed by atoms with Crippen LogP contribution in [0.4, 0.5) is 0 Å². The van der Waals surface area contributed by atoms with Gasteiger partial charge in [-0.25, -0.2) is 0 Å². The van der Waals surface area contributed by atoms with Crippen LogP contribution in [0.2, 0.25) is 5.02 Å². The fraction of sp³-hybridized carbons (Fsp3) is 0.312. The van der Waals surface area contributed by atoms with Gasteiger partial charge in [0.1, 0.15) is 0 Å². The van der Waals surface area contributed by atoms with E-state index in [0.717, 1.165) is 39.4 Å². The van der Waals surface area contributed by atoms with Crippen molar-refractivity contribution >= 4 is 27.5 Å². The number of pyridine rings is 1. The van der Waals surface area contributed by atoms with E-state index in [-0.39, 0.29) is 6.04 Å². The molecule has 2 aromatic rings. The van der Waals surface area contributed by atoms with Gasteiger partial charge in [0.2, 0.25) is 0 Å². The van der Waals surface area contributed by atoms with Crippen LogP contribution < -0.4 is 5.32 Å². The number of likely N-dealkylation sites (N-methyl/N-ethyl adjacent to an activating group) is 1. The Labute approximate surface area is 133 Å². The summed E-state index contributed by atoms with van der Waals surface area (Å²) in [6, 6.07) is 12.3. The first-order valence-corrected chi connectivity index (χ1v) is 7.88. The number of hydrogen-bond donors (Lipinski definition) is 1. The van der Waals surface area contributed by atoms with Gasteiger partial charge in [0, 0.05) is 15.2 Å². The van der Waals surface area contributed by atoms with Crippen LogP contribution in [0.3, 0.4) is 0 Å². The largest absolute Gasteiger partial charge is 0.309 e. The van der Waals surface area contributed by atoms with Crippen LogP contribution in [-0.4, -0.2) is 11.5 Å². The molecule has 106 valence electrons. The molecule has 0 spiro atoms. The molecule has 1 N–H and O–H groups in total. The van der Waals surface area contributed by atoms with Gasteiger partial charge in [0.05, 0.1) is 11.7 Å². The van der Waals surface area contributed by atoms with E-state index in [4.69, 9.17) is 11.6 Å². The van der Waals surface area contributed by atoms with E-state index in [0.29, 0.717) is 0 Å². The zero-order chi connectivity index (χ0) is 14.5. The lowest BCUT2D eigenvalue weighted by Crippen LogP contribution is -2.24. The maximum Gasteiger partial charge on any atom is 0.0579 e. The van der Waals surface area contributed by atoms with Crippen molar-refractivity contribution in [1.82, 2.24) is 10.3 Å². The fourth-order valence-corrected chi connectivity index (χ4v) is 2.94. The Bertz CT molecular complexity index is 586. The second-order valence-electron chi connectivity index (χ2n) is 4.75. The number of halogens is 2. The highest BCUT2D eigenvalue weighted by molar-refractivity contribution is 9.10. The fourth-order valence-electron chi connectivity index (χ4n) is 2.19. The predicted molar refractivity (Wildman–Crippen MR) is 88.2 cm³/mol. The molecule has 0 aliphatic heterocycles. The lowest BCUT2D eigenvalue weighted by Gasteiger charge is -2.18. The summed E-state index contributed by atoms with van der Waals surface area (Å²) >= 11 is 9.75. The number of rotatable bonds is 5. The monoisotopic (exact) mass is 352 g/mol. The number of aryl methyl sites for hydroxylation is 1. The molecular formula is C16H18BrClN2. The highest BCUT2D eigenvalue weighted by Crippen LogP contribution is 2.26. The zero-order valence-electron chi connectivity index (χ0n) is 11.7. The molecule has 0 fully saturated rings. The third-order valence-electron chi connectivity index (χ3n) is 3.16. The van der Waals surface area contributed by atoms with E-state index in [9.17, 15) is 0 Å². The second kappa shape index (κ2) is 7.21. The van der Waals surface area contributed by atoms with Crippen molar-refractivity contribution in [1.29, 1.82) is 0 Å². The van der Waals surface area contributed by atoms with Gasteiger partial charge in [-0.3, -0.25) is 4.98 Å². The molecule has 0 bridgehead atoms. The lowest BCUT2D eigenvalue weighted by atomic mass is 10.0. The molecule has 0 aliphatic rings. The summed E-state index contributed by atoms with van der Waals surface area (Å²) in [6.07, 6.45) is 0.830. The summed E-state index contributed by atoms with van der Waals surface area (Å²) in [4.78, 5) is 4.62. The van der Waals surface area contributed by atoms with Crippen LogP contribution in [0.15, 0.2) is 40.9 Å². The molecule has 1 atom stereocenters. The van der Waals surface area contributed by atoms with E-state index in [2.05, 4.69) is 45.3 Å². The van der Waals surface area contributed by atoms with Gasteiger partial charge in [-0.15, -0.1) is 0 Å². The van der Waals surface area contributed by atoms with Gasteiger partial charge in [-0.05, 0) is 49.7 Å². The van der Waals surface area contributed by atoms with E-state index >= 15 is 0 Å². The van der Waals surface area contributed by atoms with Crippen LogP contribution in [-0.2, 0) is 6.42 Å². The van der Waals surface area contributed by atoms with Crippen molar-refractivity contribution < 1.29 is 0 Å². The van der Waals surface area contributed by atoms with Crippen LogP contribution >= 0.6 is 27.5 Å². The number of benzene rings is 1. The Morgan fingerprint density at radius 2 is 2.10 bits per heavy atom. The van der Waals surface area contributed by atoms with Crippen molar-refractivity contribution in [3.05, 3.63) is 62.8 Å². The van der Waals surface area contributed by atoms with E-state index in [1.54, 1.807) is 0 Å². The molecule has 0 saturated heterocycles. The van der Waals surface area contributed by atoms with Crippen LogP contribution in [0.25, 0.3) is 0 Å². The molecule has 1 heterocycles. The van der Waals surface area contributed by atoms with Gasteiger partial charge in [-0.2, -0.15) is 0 Å². The van der Waals surface area contributed by atoms with E-state index in [1.165, 1.54) is 0 Å². The minimum Gasteiger partial charge on any atom is -0.309 e. The Hall–Kier alpha value is -0.900. The van der Waals surface area contributed by atoms with Gasteiger partial charge in [-0.1, -0.05) is 46.6 Å². The van der Waals surface area contributed by atoms with E-state index < -0.39 is 0 Å². The molecule has 0 saturated carbocycles. The first kappa shape index (κ1) is 15.5. The first-order chi connectivity index (χ1) is 9.60. The SMILES string of the molecule is CCNC(Cc1ccc(Br)cc1Cl)c1cccc(C)n1. The van der Waals surface area contributed by atoms with Crippen molar-refractivity contribution in [2.75, 3.05) is 6.54 Å². The Balaban J connectivity index is 2.25. The Morgan fingerprint density at radius 3 is 2.75 bits per heavy atom. The van der Waals surface area contributed by atoms with Crippen LogP contribution in [0.5, 0.6) is 0 Å². The van der Waals surface area contributed by atoms with Crippen molar-refractivity contribution in [3.63, 3.8) is 0 Å². The highest BCUT2D eigenvalue weighted by Gasteiger charge is 2.14. The molecule has 0 aliphatic carbocycles. The molecule has 0 radical (unpaired) electrons. The summed E-state index contributed by atoms with van der Waals surface area (Å²) in [5.41, 5.74) is 3.22. The first-order valence-electron chi connectivity index (χ1n) is 6.71. The predicted octanol–water partition coefficient (Wildman–Crippen LogP) is 4.70. The minimum absolute atomic E-state index is 0.179. The average Bonchev–Trinajstić information content (AvgIpc) is 2.41. The molecule has 1 aromatic heterocycles. The molecule has 1 unspecified atom stereocenters. The van der Waals surface area contributed by atoms with Gasteiger partial charge < -0.3 is 5.32 Å². The van der Waals surface area contributed by atoms with Gasteiger partial charge in [0.25, 0.3) is 0 Å². The van der Waals surface area contributed by atoms with Crippen LogP contribution in [0, 0.1) is 6.92 Å². The second-order valence-corrected chi connectivity index (χ2v) is 6.08. The van der Waals surface area contributed by atoms with Crippen LogP contribution in [0.1, 0.15) is 29.9 Å². The summed E-state index contributed by atoms with van der Waals surface area (Å²) in [5, 5.41) is 4.27. The van der Waals surface area contributed by atoms with Gasteiger partial charge >= 0.3 is 0 Å². The smallest absolute Gasteiger partial charge is 0.0579 e. The number of nitrogens with one attached hydrogen (secondary N) is 1. The molecule has 2 rings (SSSR count). The zero-order valence-corrected chi connectivity index (χ0v) is 14.0. The average molecular weight is 354 g/mol. The molecule has 1 aromatic carbocycles. The number of hydrogen-bond acceptors (Lipinski definition) is 2. The molecular weight excluding hydrogens is 336 g/mol. The topological polar surface area (TPSA) is 24.9 Å². The summed E-state index contributed by atoms with van der Waals surface area (Å²) in [5.74, 6) is 0. The third kappa shape index (κ3) is 4.05. The normalized spacial score (nSPS) is 12.4. The number of nitrogens with zero attached hydrogens (tertiary/aromatic N) is 1. The maximum absolute atomic E-state index is 6.31. The third-order valence-corrected chi connectivity index (χ3v) is 4.00. The Morgan fingerprint density at radius 1 is 1.30 bits per heavy atom. The summed E-state index contributed by atoms with van der Waals surface area (Å²) < 4.78 is 1.000. The standard InChI is InChI=1S/C16H18BrClN2/c1-3-19-16(15-6-4-5-11(2)20-15)9-12-7-8-13(17)10-14(12)18/h4-8,10,16,19H,3,9H2,1-2H3. The van der Waals surface area contributed by atoms with Crippen molar-refractivity contribution in [2.24, 2.45) is 0 Å². The van der Waals surface area contributed by atoms with Crippen molar-refractivity contribution in [3.8, 4) is 0 Å². The van der Waals surface area contributed by atoms with E-state index in [1.807, 2.05) is 31.2 Å². The molecule has 2 nitrogen and oxygen atoms in total. The molecule has 0 amide bonds. The number of aromatic nitrogens is 1. The highest BCUT2D eigenvalue weighted by atomic mass is 79.9. The summed E-state index contributed by atoms with van der Waals surface area (Å²) in [6.45, 7) is 5.01. The van der Waals surface area contributed by atoms with Crippen molar-refractivity contribution in [2.45, 2.75) is 26.3 Å². The minimum atomic E-state index is 0.179. The maximum atomic E-state index is 6.31. The summed E-state index contributed by atoms with van der Waals surface area (Å²) in [7, 11) is 0. The quantitative estimate of drug-likeness (QED) is 0.843.